The van der Waals surface area contributed by atoms with Gasteiger partial charge in [0.1, 0.15) is 17.2 Å². The topological polar surface area (TPSA) is 121 Å². The number of benzene rings is 1. The summed E-state index contributed by atoms with van der Waals surface area (Å²) in [6, 6.07) is 6.66. The summed E-state index contributed by atoms with van der Waals surface area (Å²) in [5.74, 6) is 1.92. The van der Waals surface area contributed by atoms with Crippen LogP contribution in [0.5, 0.6) is 5.75 Å². The molecule has 172 valence electrons. The molecule has 0 bridgehead atoms. The highest BCUT2D eigenvalue weighted by Crippen LogP contribution is 2.32. The van der Waals surface area contributed by atoms with Crippen molar-refractivity contribution in [2.45, 2.75) is 18.7 Å². The minimum atomic E-state index is -3.63. The third-order valence-electron chi connectivity index (χ3n) is 5.12. The lowest BCUT2D eigenvalue weighted by Gasteiger charge is -2.26. The number of morpholine rings is 1. The SMILES string of the molecule is COc1cc(S(=O)(=O)N2CCOCC2)ccc1Nc1nc(NCC(C)C)c2cc[nH]c2n1. The van der Waals surface area contributed by atoms with Crippen molar-refractivity contribution >= 4 is 38.5 Å². The van der Waals surface area contributed by atoms with Gasteiger partial charge in [-0.25, -0.2) is 8.42 Å². The highest BCUT2D eigenvalue weighted by molar-refractivity contribution is 7.89. The predicted octanol–water partition coefficient (Wildman–Crippen LogP) is 2.80. The number of hydrogen-bond acceptors (Lipinski definition) is 8. The Morgan fingerprint density at radius 3 is 2.72 bits per heavy atom. The number of aromatic nitrogens is 3. The third-order valence-corrected chi connectivity index (χ3v) is 7.02. The second-order valence-corrected chi connectivity index (χ2v) is 9.85. The van der Waals surface area contributed by atoms with Crippen molar-refractivity contribution in [2.24, 2.45) is 5.92 Å². The van der Waals surface area contributed by atoms with Gasteiger partial charge in [-0.15, -0.1) is 0 Å². The molecule has 0 aliphatic carbocycles. The van der Waals surface area contributed by atoms with Crippen LogP contribution >= 0.6 is 0 Å². The smallest absolute Gasteiger partial charge is 0.243 e. The van der Waals surface area contributed by atoms with Crippen LogP contribution in [0.2, 0.25) is 0 Å². The van der Waals surface area contributed by atoms with Gasteiger partial charge in [0.25, 0.3) is 0 Å². The Morgan fingerprint density at radius 1 is 1.22 bits per heavy atom. The Hall–Kier alpha value is -2.89. The van der Waals surface area contributed by atoms with Gasteiger partial charge in [-0.1, -0.05) is 13.8 Å². The summed E-state index contributed by atoms with van der Waals surface area (Å²) in [6.07, 6.45) is 1.82. The molecule has 1 aliphatic heterocycles. The second kappa shape index (κ2) is 9.31. The van der Waals surface area contributed by atoms with Gasteiger partial charge in [-0.05, 0) is 24.1 Å². The molecule has 3 aromatic rings. The van der Waals surface area contributed by atoms with Gasteiger partial charge < -0.3 is 25.1 Å². The molecule has 0 unspecified atom stereocenters. The number of H-pyrrole nitrogens is 1. The molecule has 11 heteroatoms. The van der Waals surface area contributed by atoms with Crippen molar-refractivity contribution in [3.8, 4) is 5.75 Å². The fourth-order valence-electron chi connectivity index (χ4n) is 3.42. The zero-order valence-electron chi connectivity index (χ0n) is 18.4. The monoisotopic (exact) mass is 460 g/mol. The average Bonchev–Trinajstić information content (AvgIpc) is 3.27. The Morgan fingerprint density at radius 2 is 2.00 bits per heavy atom. The predicted molar refractivity (Wildman–Crippen MR) is 123 cm³/mol. The van der Waals surface area contributed by atoms with E-state index >= 15 is 0 Å². The standard InChI is InChI=1S/C21H28N6O4S/c1-14(2)13-23-20-16-6-7-22-19(16)25-21(26-20)24-17-5-4-15(12-18(17)30-3)32(28,29)27-8-10-31-11-9-27/h4-7,12,14H,8-11,13H2,1-3H3,(H3,22,23,24,25,26). The van der Waals surface area contributed by atoms with E-state index in [1.54, 1.807) is 12.1 Å². The van der Waals surface area contributed by atoms with Gasteiger partial charge in [0.2, 0.25) is 16.0 Å². The molecule has 1 aromatic carbocycles. The molecular formula is C21H28N6O4S. The number of ether oxygens (including phenoxy) is 2. The van der Waals surface area contributed by atoms with E-state index in [0.29, 0.717) is 55.3 Å². The van der Waals surface area contributed by atoms with Crippen LogP contribution in [0.15, 0.2) is 35.4 Å². The number of anilines is 3. The van der Waals surface area contributed by atoms with Crippen molar-refractivity contribution in [2.75, 3.05) is 50.6 Å². The van der Waals surface area contributed by atoms with E-state index in [4.69, 9.17) is 9.47 Å². The maximum Gasteiger partial charge on any atom is 0.243 e. The second-order valence-electron chi connectivity index (χ2n) is 7.91. The van der Waals surface area contributed by atoms with Gasteiger partial charge >= 0.3 is 0 Å². The van der Waals surface area contributed by atoms with Crippen LogP contribution in [-0.2, 0) is 14.8 Å². The van der Waals surface area contributed by atoms with Crippen molar-refractivity contribution in [1.29, 1.82) is 0 Å². The van der Waals surface area contributed by atoms with E-state index in [0.717, 1.165) is 17.7 Å². The first-order valence-electron chi connectivity index (χ1n) is 10.5. The Kier molecular flexibility index (Phi) is 6.49. The molecule has 0 amide bonds. The summed E-state index contributed by atoms with van der Waals surface area (Å²) >= 11 is 0. The maximum absolute atomic E-state index is 13.0. The Labute approximate surface area is 187 Å². The lowest BCUT2D eigenvalue weighted by atomic mass is 10.2. The molecule has 1 fully saturated rings. The van der Waals surface area contributed by atoms with Gasteiger partial charge in [-0.2, -0.15) is 14.3 Å². The number of nitrogens with zero attached hydrogens (tertiary/aromatic N) is 3. The molecule has 1 aliphatic rings. The molecule has 0 spiro atoms. The van der Waals surface area contributed by atoms with E-state index in [2.05, 4.69) is 39.4 Å². The molecule has 3 N–H and O–H groups in total. The van der Waals surface area contributed by atoms with Crippen LogP contribution in [-0.4, -0.2) is 67.6 Å². The van der Waals surface area contributed by atoms with Gasteiger partial charge in [0.05, 0.1) is 36.3 Å². The molecule has 0 atom stereocenters. The van der Waals surface area contributed by atoms with E-state index in [9.17, 15) is 8.42 Å². The van der Waals surface area contributed by atoms with Gasteiger partial charge in [0, 0.05) is 31.9 Å². The quantitative estimate of drug-likeness (QED) is 0.469. The lowest BCUT2D eigenvalue weighted by Crippen LogP contribution is -2.40. The Bertz CT molecular complexity index is 1190. The molecule has 0 saturated carbocycles. The first-order chi connectivity index (χ1) is 15.4. The van der Waals surface area contributed by atoms with Crippen molar-refractivity contribution < 1.29 is 17.9 Å². The maximum atomic E-state index is 13.0. The van der Waals surface area contributed by atoms with E-state index in [-0.39, 0.29) is 4.90 Å². The highest BCUT2D eigenvalue weighted by Gasteiger charge is 2.27. The molecule has 4 rings (SSSR count). The van der Waals surface area contributed by atoms with E-state index < -0.39 is 10.0 Å². The summed E-state index contributed by atoms with van der Waals surface area (Å²) in [6.45, 7) is 6.47. The number of sulfonamides is 1. The first-order valence-corrected chi connectivity index (χ1v) is 11.9. The molecule has 3 heterocycles. The molecular weight excluding hydrogens is 432 g/mol. The summed E-state index contributed by atoms with van der Waals surface area (Å²) < 4.78 is 38.1. The van der Waals surface area contributed by atoms with E-state index in [1.165, 1.54) is 17.5 Å². The van der Waals surface area contributed by atoms with Crippen LogP contribution in [0.1, 0.15) is 13.8 Å². The zero-order chi connectivity index (χ0) is 22.7. The third kappa shape index (κ3) is 4.64. The zero-order valence-corrected chi connectivity index (χ0v) is 19.2. The lowest BCUT2D eigenvalue weighted by molar-refractivity contribution is 0.0730. The number of rotatable bonds is 8. The summed E-state index contributed by atoms with van der Waals surface area (Å²) in [4.78, 5) is 12.4. The van der Waals surface area contributed by atoms with Gasteiger partial charge in [0.15, 0.2) is 0 Å². The van der Waals surface area contributed by atoms with Crippen LogP contribution in [0.25, 0.3) is 11.0 Å². The molecule has 10 nitrogen and oxygen atoms in total. The van der Waals surface area contributed by atoms with Crippen molar-refractivity contribution in [1.82, 2.24) is 19.3 Å². The molecule has 32 heavy (non-hydrogen) atoms. The largest absolute Gasteiger partial charge is 0.495 e. The average molecular weight is 461 g/mol. The Balaban J connectivity index is 1.62. The van der Waals surface area contributed by atoms with Crippen LogP contribution < -0.4 is 15.4 Å². The number of methoxy groups -OCH3 is 1. The highest BCUT2D eigenvalue weighted by atomic mass is 32.2. The van der Waals surface area contributed by atoms with Crippen LogP contribution in [0.3, 0.4) is 0 Å². The number of nitrogens with one attached hydrogen (secondary N) is 3. The van der Waals surface area contributed by atoms with Crippen molar-refractivity contribution in [3.05, 3.63) is 30.5 Å². The molecule has 1 saturated heterocycles. The summed E-state index contributed by atoms with van der Waals surface area (Å²) in [5.41, 5.74) is 1.26. The first kappa shape index (κ1) is 22.3. The normalized spacial score (nSPS) is 15.2. The summed E-state index contributed by atoms with van der Waals surface area (Å²) in [7, 11) is -2.13. The minimum Gasteiger partial charge on any atom is -0.495 e. The fraction of sp³-hybridized carbons (Fsp3) is 0.429. The molecule has 0 radical (unpaired) electrons. The number of aromatic amines is 1. The van der Waals surface area contributed by atoms with Crippen LogP contribution in [0.4, 0.5) is 17.5 Å². The molecule has 2 aromatic heterocycles. The fourth-order valence-corrected chi connectivity index (χ4v) is 4.85. The van der Waals surface area contributed by atoms with E-state index in [1.807, 2.05) is 12.3 Å². The van der Waals surface area contributed by atoms with Crippen LogP contribution in [0, 0.1) is 5.92 Å². The number of fused-ring (bicyclic) bond motifs is 1. The minimum absolute atomic E-state index is 0.168. The van der Waals surface area contributed by atoms with Gasteiger partial charge in [-0.3, -0.25) is 0 Å². The van der Waals surface area contributed by atoms with Crippen molar-refractivity contribution in [3.63, 3.8) is 0 Å². The number of hydrogen-bond donors (Lipinski definition) is 3. The summed E-state index contributed by atoms with van der Waals surface area (Å²) in [5, 5.41) is 7.41.